The summed E-state index contributed by atoms with van der Waals surface area (Å²) in [7, 11) is 0. The highest BCUT2D eigenvalue weighted by Crippen LogP contribution is 2.25. The molecule has 0 saturated carbocycles. The number of thioether (sulfide) groups is 2. The van der Waals surface area contributed by atoms with Crippen molar-refractivity contribution in [2.45, 2.75) is 32.3 Å². The van der Waals surface area contributed by atoms with E-state index >= 15 is 0 Å². The topological polar surface area (TPSA) is 26.3 Å². The first kappa shape index (κ1) is 14.9. The average Bonchev–Trinajstić information content (AvgIpc) is 2.18. The molecule has 0 radical (unpaired) electrons. The van der Waals surface area contributed by atoms with E-state index in [-0.39, 0.29) is 5.97 Å². The monoisotopic (exact) mass is 248 g/mol. The molecule has 0 bridgehead atoms. The van der Waals surface area contributed by atoms with Gasteiger partial charge in [0.05, 0.1) is 11.2 Å². The second-order valence-electron chi connectivity index (χ2n) is 2.85. The van der Waals surface area contributed by atoms with E-state index in [2.05, 4.69) is 13.8 Å². The molecule has 0 aliphatic rings. The number of hydrogen-bond donors (Lipinski definition) is 0. The lowest BCUT2D eigenvalue weighted by Gasteiger charge is -2.11. The first-order chi connectivity index (χ1) is 7.15. The summed E-state index contributed by atoms with van der Waals surface area (Å²) in [5, 5.41) is 0. The van der Waals surface area contributed by atoms with Crippen LogP contribution in [-0.2, 0) is 9.53 Å². The van der Waals surface area contributed by atoms with Crippen LogP contribution >= 0.6 is 23.5 Å². The summed E-state index contributed by atoms with van der Waals surface area (Å²) in [4.78, 5) is 11.4. The van der Waals surface area contributed by atoms with E-state index in [9.17, 15) is 4.79 Å². The third-order valence-electron chi connectivity index (χ3n) is 1.65. The molecular weight excluding hydrogens is 228 g/mol. The molecule has 0 atom stereocenters. The molecule has 0 unspecified atom stereocenters. The molecule has 0 amide bonds. The fourth-order valence-corrected chi connectivity index (χ4v) is 3.45. The Morgan fingerprint density at radius 3 is 2.20 bits per heavy atom. The zero-order chi connectivity index (χ0) is 11.7. The third-order valence-corrected chi connectivity index (χ3v) is 4.06. The largest absolute Gasteiger partial charge is 0.463 e. The van der Waals surface area contributed by atoms with Crippen LogP contribution in [0.1, 0.15) is 27.7 Å². The lowest BCUT2D eigenvalue weighted by Crippen LogP contribution is -2.07. The zero-order valence-corrected chi connectivity index (χ0v) is 11.5. The van der Waals surface area contributed by atoms with Crippen molar-refractivity contribution >= 4 is 29.5 Å². The second kappa shape index (κ2) is 9.16. The molecule has 0 spiro atoms. The minimum absolute atomic E-state index is 0.198. The van der Waals surface area contributed by atoms with Crippen molar-refractivity contribution in [1.29, 1.82) is 0 Å². The van der Waals surface area contributed by atoms with E-state index in [1.807, 2.05) is 43.4 Å². The van der Waals surface area contributed by atoms with Crippen molar-refractivity contribution < 1.29 is 9.53 Å². The van der Waals surface area contributed by atoms with Crippen molar-refractivity contribution in [1.82, 2.24) is 0 Å². The van der Waals surface area contributed by atoms with Gasteiger partial charge in [0.2, 0.25) is 0 Å². The fourth-order valence-electron chi connectivity index (χ4n) is 0.990. The van der Waals surface area contributed by atoms with Crippen molar-refractivity contribution in [2.75, 3.05) is 18.1 Å². The maximum atomic E-state index is 11.4. The predicted octanol–water partition coefficient (Wildman–Crippen LogP) is 3.33. The standard InChI is InChI=1S/C11H20O2S2/c1-5-13-11(12)9(4)8-10(14-6-2)15-7-3/h8,10H,5-7H2,1-4H3/b9-8+. The van der Waals surface area contributed by atoms with Crippen LogP contribution in [0.25, 0.3) is 0 Å². The lowest BCUT2D eigenvalue weighted by atomic mass is 10.3. The van der Waals surface area contributed by atoms with Crippen LogP contribution in [0.5, 0.6) is 0 Å². The molecule has 2 nitrogen and oxygen atoms in total. The van der Waals surface area contributed by atoms with Gasteiger partial charge in [-0.15, -0.1) is 23.5 Å². The van der Waals surface area contributed by atoms with Crippen molar-refractivity contribution in [2.24, 2.45) is 0 Å². The van der Waals surface area contributed by atoms with Gasteiger partial charge in [0, 0.05) is 5.57 Å². The number of carbonyl (C=O) groups is 1. The maximum Gasteiger partial charge on any atom is 0.333 e. The summed E-state index contributed by atoms with van der Waals surface area (Å²) in [5.41, 5.74) is 0.712. The molecule has 0 aliphatic carbocycles. The summed E-state index contributed by atoms with van der Waals surface area (Å²) in [6, 6.07) is 0. The van der Waals surface area contributed by atoms with Crippen LogP contribution in [0.3, 0.4) is 0 Å². The summed E-state index contributed by atoms with van der Waals surface area (Å²) in [6.45, 7) is 8.33. The van der Waals surface area contributed by atoms with Gasteiger partial charge in [-0.2, -0.15) is 0 Å². The van der Waals surface area contributed by atoms with E-state index in [0.717, 1.165) is 11.5 Å². The highest BCUT2D eigenvalue weighted by molar-refractivity contribution is 8.17. The number of ether oxygens (including phenoxy) is 1. The maximum absolute atomic E-state index is 11.4. The van der Waals surface area contributed by atoms with Crippen molar-refractivity contribution in [3.05, 3.63) is 11.6 Å². The third kappa shape index (κ3) is 6.90. The SMILES string of the molecule is CCOC(=O)/C(C)=C/C(SCC)SCC. The molecule has 0 aliphatic heterocycles. The van der Waals surface area contributed by atoms with Gasteiger partial charge in [0.15, 0.2) is 0 Å². The van der Waals surface area contributed by atoms with Crippen LogP contribution in [-0.4, -0.2) is 28.7 Å². The Morgan fingerprint density at radius 2 is 1.80 bits per heavy atom. The Labute approximate surface area is 101 Å². The Morgan fingerprint density at radius 1 is 1.27 bits per heavy atom. The van der Waals surface area contributed by atoms with Crippen LogP contribution in [0.4, 0.5) is 0 Å². The molecule has 0 aromatic carbocycles. The van der Waals surface area contributed by atoms with Gasteiger partial charge in [-0.1, -0.05) is 19.9 Å². The summed E-state index contributed by atoms with van der Waals surface area (Å²) < 4.78 is 5.30. The molecule has 0 aromatic heterocycles. The highest BCUT2D eigenvalue weighted by atomic mass is 32.2. The van der Waals surface area contributed by atoms with E-state index in [1.165, 1.54) is 0 Å². The molecular formula is C11H20O2S2. The summed E-state index contributed by atoms with van der Waals surface area (Å²) in [6.07, 6.45) is 2.00. The van der Waals surface area contributed by atoms with Crippen molar-refractivity contribution in [3.8, 4) is 0 Å². The van der Waals surface area contributed by atoms with Crippen LogP contribution in [0, 0.1) is 0 Å². The van der Waals surface area contributed by atoms with Gasteiger partial charge in [0.1, 0.15) is 0 Å². The molecule has 0 saturated heterocycles. The minimum Gasteiger partial charge on any atom is -0.463 e. The van der Waals surface area contributed by atoms with Gasteiger partial charge >= 0.3 is 5.97 Å². The Bertz CT molecular complexity index is 209. The molecule has 88 valence electrons. The van der Waals surface area contributed by atoms with E-state index in [0.29, 0.717) is 16.8 Å². The number of rotatable bonds is 7. The van der Waals surface area contributed by atoms with Crippen LogP contribution in [0.15, 0.2) is 11.6 Å². The second-order valence-corrected chi connectivity index (χ2v) is 5.98. The van der Waals surface area contributed by atoms with Gasteiger partial charge in [-0.05, 0) is 25.4 Å². The number of hydrogen-bond acceptors (Lipinski definition) is 4. The Kier molecular flexibility index (Phi) is 9.10. The zero-order valence-electron chi connectivity index (χ0n) is 9.91. The fraction of sp³-hybridized carbons (Fsp3) is 0.727. The molecule has 4 heteroatoms. The Balaban J connectivity index is 4.30. The van der Waals surface area contributed by atoms with E-state index < -0.39 is 0 Å². The Hall–Kier alpha value is -0.0900. The number of carbonyl (C=O) groups excluding carboxylic acids is 1. The van der Waals surface area contributed by atoms with Crippen molar-refractivity contribution in [3.63, 3.8) is 0 Å². The van der Waals surface area contributed by atoms with Gasteiger partial charge in [-0.3, -0.25) is 0 Å². The normalized spacial score (nSPS) is 11.9. The van der Waals surface area contributed by atoms with Gasteiger partial charge in [0.25, 0.3) is 0 Å². The molecule has 0 fully saturated rings. The van der Waals surface area contributed by atoms with E-state index in [4.69, 9.17) is 4.74 Å². The molecule has 0 aromatic rings. The lowest BCUT2D eigenvalue weighted by molar-refractivity contribution is -0.138. The average molecular weight is 248 g/mol. The smallest absolute Gasteiger partial charge is 0.333 e. The molecule has 0 N–H and O–H groups in total. The molecule has 0 rings (SSSR count). The van der Waals surface area contributed by atoms with Gasteiger partial charge in [-0.25, -0.2) is 4.79 Å². The molecule has 15 heavy (non-hydrogen) atoms. The van der Waals surface area contributed by atoms with Gasteiger partial charge < -0.3 is 4.74 Å². The van der Waals surface area contributed by atoms with Crippen LogP contribution < -0.4 is 0 Å². The minimum atomic E-state index is -0.198. The predicted molar refractivity (Wildman–Crippen MR) is 70.4 cm³/mol. The number of esters is 1. The summed E-state index contributed by atoms with van der Waals surface area (Å²) >= 11 is 3.69. The van der Waals surface area contributed by atoms with E-state index in [1.54, 1.807) is 0 Å². The first-order valence-corrected chi connectivity index (χ1v) is 7.34. The van der Waals surface area contributed by atoms with Crippen LogP contribution in [0.2, 0.25) is 0 Å². The first-order valence-electron chi connectivity index (χ1n) is 5.24. The quantitative estimate of drug-likeness (QED) is 0.392. The molecule has 0 heterocycles. The summed E-state index contributed by atoms with van der Waals surface area (Å²) in [5.74, 6) is 1.92. The highest BCUT2D eigenvalue weighted by Gasteiger charge is 2.09.